The van der Waals surface area contributed by atoms with E-state index in [9.17, 15) is 9.59 Å². The fourth-order valence-electron chi connectivity index (χ4n) is 2.55. The third kappa shape index (κ3) is 3.91. The third-order valence-corrected chi connectivity index (χ3v) is 4.34. The molecule has 0 spiro atoms. The van der Waals surface area contributed by atoms with Gasteiger partial charge in [-0.15, -0.1) is 0 Å². The number of aryl methyl sites for hydroxylation is 1. The fraction of sp³-hybridized carbons (Fsp3) is 0.278. The van der Waals surface area contributed by atoms with Crippen molar-refractivity contribution in [3.63, 3.8) is 0 Å². The van der Waals surface area contributed by atoms with Gasteiger partial charge in [0.25, 0.3) is 5.91 Å². The van der Waals surface area contributed by atoms with Crippen LogP contribution < -0.4 is 10.6 Å². The number of carbonyl (C=O) groups is 2. The highest BCUT2D eigenvalue weighted by Crippen LogP contribution is 2.28. The van der Waals surface area contributed by atoms with E-state index >= 15 is 0 Å². The monoisotopic (exact) mass is 360 g/mol. The average molecular weight is 361 g/mol. The first-order chi connectivity index (χ1) is 11.8. The lowest BCUT2D eigenvalue weighted by Crippen LogP contribution is -2.29. The Hall–Kier alpha value is -2.60. The smallest absolute Gasteiger partial charge is 0.250 e. The summed E-state index contributed by atoms with van der Waals surface area (Å²) in [6.45, 7) is 7.85. The van der Waals surface area contributed by atoms with Crippen molar-refractivity contribution in [3.05, 3.63) is 58.9 Å². The van der Waals surface area contributed by atoms with Crippen LogP contribution in [-0.4, -0.2) is 21.6 Å². The number of aromatic nitrogens is 2. The van der Waals surface area contributed by atoms with Gasteiger partial charge in [-0.05, 0) is 36.3 Å². The standard InChI is InChI=1S/C18H21ClN4O2/c1-5-15(24)23(13-8-6-12(7-9-13)18(20)25)10-14-16(11(2)3)21-22(4)17(14)19/h5-9,11H,1,10H2,2-4H3,(H2,20,25). The van der Waals surface area contributed by atoms with Crippen LogP contribution in [0.1, 0.15) is 41.4 Å². The highest BCUT2D eigenvalue weighted by molar-refractivity contribution is 6.30. The van der Waals surface area contributed by atoms with Crippen molar-refractivity contribution in [2.75, 3.05) is 4.90 Å². The zero-order valence-corrected chi connectivity index (χ0v) is 15.2. The normalized spacial score (nSPS) is 10.8. The second kappa shape index (κ2) is 7.53. The number of halogens is 1. The number of nitrogens with zero attached hydrogens (tertiary/aromatic N) is 3. The predicted octanol–water partition coefficient (Wildman–Crippen LogP) is 3.02. The van der Waals surface area contributed by atoms with Crippen LogP contribution in [0.2, 0.25) is 5.15 Å². The van der Waals surface area contributed by atoms with Crippen molar-refractivity contribution in [3.8, 4) is 0 Å². The number of primary amides is 1. The summed E-state index contributed by atoms with van der Waals surface area (Å²) in [5.41, 5.74) is 7.87. The number of carbonyl (C=O) groups excluding carboxylic acids is 2. The van der Waals surface area contributed by atoms with E-state index in [0.717, 1.165) is 11.3 Å². The van der Waals surface area contributed by atoms with Gasteiger partial charge in [-0.1, -0.05) is 32.0 Å². The number of rotatable bonds is 6. The molecule has 2 amide bonds. The molecular weight excluding hydrogens is 340 g/mol. The Bertz CT molecular complexity index is 809. The van der Waals surface area contributed by atoms with Gasteiger partial charge in [0.05, 0.1) is 12.2 Å². The number of amides is 2. The van der Waals surface area contributed by atoms with E-state index in [1.54, 1.807) is 36.0 Å². The molecular formula is C18H21ClN4O2. The number of anilines is 1. The van der Waals surface area contributed by atoms with Crippen molar-refractivity contribution in [2.24, 2.45) is 12.8 Å². The summed E-state index contributed by atoms with van der Waals surface area (Å²) >= 11 is 6.38. The lowest BCUT2D eigenvalue weighted by molar-refractivity contribution is -0.114. The Morgan fingerprint density at radius 1 is 1.36 bits per heavy atom. The van der Waals surface area contributed by atoms with Crippen LogP contribution >= 0.6 is 11.6 Å². The van der Waals surface area contributed by atoms with Crippen LogP contribution in [0, 0.1) is 0 Å². The number of hydrogen-bond acceptors (Lipinski definition) is 3. The molecule has 1 heterocycles. The summed E-state index contributed by atoms with van der Waals surface area (Å²) in [7, 11) is 1.76. The van der Waals surface area contributed by atoms with E-state index in [0.29, 0.717) is 16.4 Å². The van der Waals surface area contributed by atoms with Crippen LogP contribution in [0.5, 0.6) is 0 Å². The van der Waals surface area contributed by atoms with Gasteiger partial charge in [0, 0.05) is 23.9 Å². The Labute approximate surface area is 151 Å². The van der Waals surface area contributed by atoms with Gasteiger partial charge >= 0.3 is 0 Å². The molecule has 0 bridgehead atoms. The Morgan fingerprint density at radius 3 is 2.44 bits per heavy atom. The lowest BCUT2D eigenvalue weighted by Gasteiger charge is -2.22. The molecule has 6 nitrogen and oxygen atoms in total. The van der Waals surface area contributed by atoms with Gasteiger partial charge in [0.2, 0.25) is 5.91 Å². The molecule has 0 radical (unpaired) electrons. The van der Waals surface area contributed by atoms with Gasteiger partial charge < -0.3 is 10.6 Å². The molecule has 0 atom stereocenters. The van der Waals surface area contributed by atoms with Crippen molar-refractivity contribution in [1.82, 2.24) is 9.78 Å². The second-order valence-electron chi connectivity index (χ2n) is 5.97. The van der Waals surface area contributed by atoms with Crippen LogP contribution in [0.3, 0.4) is 0 Å². The van der Waals surface area contributed by atoms with Gasteiger partial charge in [0.15, 0.2) is 0 Å². The summed E-state index contributed by atoms with van der Waals surface area (Å²) in [6.07, 6.45) is 1.24. The summed E-state index contributed by atoms with van der Waals surface area (Å²) in [6, 6.07) is 6.49. The molecule has 25 heavy (non-hydrogen) atoms. The van der Waals surface area contributed by atoms with Crippen LogP contribution in [-0.2, 0) is 18.4 Å². The van der Waals surface area contributed by atoms with Gasteiger partial charge in [0.1, 0.15) is 5.15 Å². The Balaban J connectivity index is 2.45. The van der Waals surface area contributed by atoms with Crippen molar-refractivity contribution >= 4 is 29.1 Å². The maximum Gasteiger partial charge on any atom is 0.250 e. The zero-order valence-electron chi connectivity index (χ0n) is 14.5. The van der Waals surface area contributed by atoms with E-state index in [-0.39, 0.29) is 18.4 Å². The molecule has 0 saturated heterocycles. The minimum absolute atomic E-state index is 0.159. The maximum absolute atomic E-state index is 12.4. The molecule has 2 aromatic rings. The molecule has 0 aliphatic carbocycles. The fourth-order valence-corrected chi connectivity index (χ4v) is 2.74. The van der Waals surface area contributed by atoms with Crippen molar-refractivity contribution < 1.29 is 9.59 Å². The SMILES string of the molecule is C=CC(=O)N(Cc1c(C(C)C)nn(C)c1Cl)c1ccc(C(N)=O)cc1. The molecule has 1 aromatic heterocycles. The summed E-state index contributed by atoms with van der Waals surface area (Å²) in [5.74, 6) is -0.640. The number of hydrogen-bond donors (Lipinski definition) is 1. The second-order valence-corrected chi connectivity index (χ2v) is 6.33. The minimum atomic E-state index is -0.523. The molecule has 0 aliphatic heterocycles. The molecule has 1 aromatic carbocycles. The van der Waals surface area contributed by atoms with Crippen LogP contribution in [0.15, 0.2) is 36.9 Å². The van der Waals surface area contributed by atoms with Crippen molar-refractivity contribution in [2.45, 2.75) is 26.3 Å². The van der Waals surface area contributed by atoms with E-state index in [1.807, 2.05) is 13.8 Å². The highest BCUT2D eigenvalue weighted by Gasteiger charge is 2.22. The first kappa shape index (κ1) is 18.7. The van der Waals surface area contributed by atoms with E-state index in [4.69, 9.17) is 17.3 Å². The Morgan fingerprint density at radius 2 is 1.96 bits per heavy atom. The summed E-state index contributed by atoms with van der Waals surface area (Å²) in [5, 5.41) is 4.92. The molecule has 132 valence electrons. The van der Waals surface area contributed by atoms with Gasteiger partial charge in [-0.2, -0.15) is 5.10 Å². The van der Waals surface area contributed by atoms with E-state index in [1.165, 1.54) is 11.0 Å². The van der Waals surface area contributed by atoms with E-state index in [2.05, 4.69) is 11.7 Å². The summed E-state index contributed by atoms with van der Waals surface area (Å²) in [4.78, 5) is 25.1. The highest BCUT2D eigenvalue weighted by atomic mass is 35.5. The van der Waals surface area contributed by atoms with Gasteiger partial charge in [-0.3, -0.25) is 14.3 Å². The lowest BCUT2D eigenvalue weighted by atomic mass is 10.1. The average Bonchev–Trinajstić information content (AvgIpc) is 2.87. The van der Waals surface area contributed by atoms with E-state index < -0.39 is 5.91 Å². The topological polar surface area (TPSA) is 81.2 Å². The van der Waals surface area contributed by atoms with Gasteiger partial charge in [-0.25, -0.2) is 0 Å². The molecule has 7 heteroatoms. The number of nitrogens with two attached hydrogens (primary N) is 1. The molecule has 0 saturated carbocycles. The molecule has 0 unspecified atom stereocenters. The first-order valence-electron chi connectivity index (χ1n) is 7.81. The number of benzene rings is 1. The zero-order chi connectivity index (χ0) is 18.7. The quantitative estimate of drug-likeness (QED) is 0.804. The predicted molar refractivity (Wildman–Crippen MR) is 98.7 cm³/mol. The third-order valence-electron chi connectivity index (χ3n) is 3.87. The minimum Gasteiger partial charge on any atom is -0.366 e. The Kier molecular flexibility index (Phi) is 5.64. The van der Waals surface area contributed by atoms with Crippen LogP contribution in [0.25, 0.3) is 0 Å². The molecule has 2 N–H and O–H groups in total. The molecule has 2 rings (SSSR count). The van der Waals surface area contributed by atoms with Crippen LogP contribution in [0.4, 0.5) is 5.69 Å². The molecule has 0 aliphatic rings. The first-order valence-corrected chi connectivity index (χ1v) is 8.19. The molecule has 0 fully saturated rings. The largest absolute Gasteiger partial charge is 0.366 e. The summed E-state index contributed by atoms with van der Waals surface area (Å²) < 4.78 is 1.60. The maximum atomic E-state index is 12.4. The van der Waals surface area contributed by atoms with Crippen molar-refractivity contribution in [1.29, 1.82) is 0 Å².